The molecule has 0 bridgehead atoms. The molecular formula is C19H19Cl2N3O4. The summed E-state index contributed by atoms with van der Waals surface area (Å²) in [6.45, 7) is 3.94. The van der Waals surface area contributed by atoms with Gasteiger partial charge in [0, 0.05) is 34.8 Å². The van der Waals surface area contributed by atoms with Crippen LogP contribution in [0, 0.1) is 10.1 Å². The molecule has 0 aliphatic carbocycles. The average molecular weight is 424 g/mol. The fourth-order valence-corrected chi connectivity index (χ4v) is 3.67. The second-order valence-electron chi connectivity index (χ2n) is 6.42. The molecule has 2 aromatic carbocycles. The number of morpholine rings is 1. The van der Waals surface area contributed by atoms with Gasteiger partial charge in [0.1, 0.15) is 5.69 Å². The molecule has 7 nitrogen and oxygen atoms in total. The number of carbonyl (C=O) groups is 1. The predicted octanol–water partition coefficient (Wildman–Crippen LogP) is 4.23. The number of nitrogens with one attached hydrogen (secondary N) is 1. The van der Waals surface area contributed by atoms with Gasteiger partial charge in [-0.15, -0.1) is 0 Å². The number of benzene rings is 2. The van der Waals surface area contributed by atoms with E-state index in [1.54, 1.807) is 37.3 Å². The number of nitro benzene ring substituents is 1. The van der Waals surface area contributed by atoms with Crippen LogP contribution in [0.1, 0.15) is 28.9 Å². The molecule has 0 spiro atoms. The van der Waals surface area contributed by atoms with Crippen LogP contribution >= 0.6 is 23.2 Å². The highest BCUT2D eigenvalue weighted by Gasteiger charge is 2.24. The van der Waals surface area contributed by atoms with Crippen molar-refractivity contribution in [2.24, 2.45) is 0 Å². The van der Waals surface area contributed by atoms with E-state index in [4.69, 9.17) is 27.9 Å². The molecule has 9 heteroatoms. The largest absolute Gasteiger partial charge is 0.378 e. The highest BCUT2D eigenvalue weighted by molar-refractivity contribution is 6.35. The Morgan fingerprint density at radius 3 is 2.57 bits per heavy atom. The van der Waals surface area contributed by atoms with Crippen LogP contribution in [0.2, 0.25) is 10.0 Å². The lowest BCUT2D eigenvalue weighted by atomic mass is 10.1. The normalized spacial score (nSPS) is 15.2. The van der Waals surface area contributed by atoms with Gasteiger partial charge >= 0.3 is 0 Å². The number of nitro groups is 1. The Balaban J connectivity index is 1.81. The van der Waals surface area contributed by atoms with Crippen LogP contribution in [-0.4, -0.2) is 37.1 Å². The molecule has 0 radical (unpaired) electrons. The van der Waals surface area contributed by atoms with Crippen LogP contribution < -0.4 is 10.2 Å². The summed E-state index contributed by atoms with van der Waals surface area (Å²) < 4.78 is 5.29. The predicted molar refractivity (Wildman–Crippen MR) is 108 cm³/mol. The van der Waals surface area contributed by atoms with Gasteiger partial charge in [0.05, 0.1) is 24.2 Å². The van der Waals surface area contributed by atoms with E-state index in [1.807, 2.05) is 4.90 Å². The molecule has 0 saturated carbocycles. The van der Waals surface area contributed by atoms with Crippen molar-refractivity contribution in [2.75, 3.05) is 31.2 Å². The zero-order valence-electron chi connectivity index (χ0n) is 15.2. The van der Waals surface area contributed by atoms with E-state index < -0.39 is 16.9 Å². The highest BCUT2D eigenvalue weighted by Crippen LogP contribution is 2.31. The fourth-order valence-electron chi connectivity index (χ4n) is 3.09. The minimum absolute atomic E-state index is 0.105. The summed E-state index contributed by atoms with van der Waals surface area (Å²) in [4.78, 5) is 25.6. The Morgan fingerprint density at radius 1 is 1.21 bits per heavy atom. The Morgan fingerprint density at radius 2 is 1.93 bits per heavy atom. The lowest BCUT2D eigenvalue weighted by Crippen LogP contribution is -2.36. The van der Waals surface area contributed by atoms with Crippen LogP contribution in [0.3, 0.4) is 0 Å². The van der Waals surface area contributed by atoms with Crippen LogP contribution in [0.4, 0.5) is 11.4 Å². The third-order valence-electron chi connectivity index (χ3n) is 4.56. The van der Waals surface area contributed by atoms with Crippen molar-refractivity contribution in [3.05, 3.63) is 67.7 Å². The highest BCUT2D eigenvalue weighted by atomic mass is 35.5. The first-order valence-corrected chi connectivity index (χ1v) is 9.49. The van der Waals surface area contributed by atoms with Crippen molar-refractivity contribution < 1.29 is 14.5 Å². The second-order valence-corrected chi connectivity index (χ2v) is 7.26. The second kappa shape index (κ2) is 8.77. The molecule has 3 rings (SSSR count). The molecule has 1 N–H and O–H groups in total. The topological polar surface area (TPSA) is 84.7 Å². The van der Waals surface area contributed by atoms with E-state index >= 15 is 0 Å². The summed E-state index contributed by atoms with van der Waals surface area (Å²) in [5, 5.41) is 15.3. The number of hydrogen-bond donors (Lipinski definition) is 1. The Hall–Kier alpha value is -2.35. The van der Waals surface area contributed by atoms with Crippen molar-refractivity contribution in [1.29, 1.82) is 0 Å². The molecule has 28 heavy (non-hydrogen) atoms. The molecule has 1 aliphatic heterocycles. The van der Waals surface area contributed by atoms with Gasteiger partial charge in [-0.05, 0) is 36.8 Å². The summed E-state index contributed by atoms with van der Waals surface area (Å²) >= 11 is 12.1. The first-order valence-electron chi connectivity index (χ1n) is 8.74. The standard InChI is InChI=1S/C19H19Cl2N3O4/c1-12(15-4-3-14(20)11-16(15)21)22-19(25)13-2-5-17(18(10-13)24(26)27)23-6-8-28-9-7-23/h2-5,10-12H,6-9H2,1H3,(H,22,25). The van der Waals surface area contributed by atoms with Gasteiger partial charge in [-0.3, -0.25) is 14.9 Å². The number of rotatable bonds is 5. The molecule has 148 valence electrons. The summed E-state index contributed by atoms with van der Waals surface area (Å²) in [7, 11) is 0. The Bertz CT molecular complexity index is 901. The molecule has 1 fully saturated rings. The van der Waals surface area contributed by atoms with Crippen molar-refractivity contribution in [3.63, 3.8) is 0 Å². The zero-order valence-corrected chi connectivity index (χ0v) is 16.7. The molecule has 1 saturated heterocycles. The number of nitrogens with zero attached hydrogens (tertiary/aromatic N) is 2. The van der Waals surface area contributed by atoms with Crippen LogP contribution in [-0.2, 0) is 4.74 Å². The molecule has 2 aromatic rings. The van der Waals surface area contributed by atoms with Crippen LogP contribution in [0.5, 0.6) is 0 Å². The third kappa shape index (κ3) is 4.55. The number of anilines is 1. The van der Waals surface area contributed by atoms with E-state index in [0.717, 1.165) is 0 Å². The monoisotopic (exact) mass is 423 g/mol. The first-order chi connectivity index (χ1) is 13.4. The number of amides is 1. The third-order valence-corrected chi connectivity index (χ3v) is 5.13. The maximum Gasteiger partial charge on any atom is 0.293 e. The summed E-state index contributed by atoms with van der Waals surface area (Å²) in [5.74, 6) is -0.421. The summed E-state index contributed by atoms with van der Waals surface area (Å²) in [6, 6.07) is 9.13. The number of hydrogen-bond acceptors (Lipinski definition) is 5. The van der Waals surface area contributed by atoms with Crippen molar-refractivity contribution in [3.8, 4) is 0 Å². The van der Waals surface area contributed by atoms with Gasteiger partial charge in [0.2, 0.25) is 0 Å². The fraction of sp³-hybridized carbons (Fsp3) is 0.316. The van der Waals surface area contributed by atoms with Gasteiger partial charge in [0.25, 0.3) is 11.6 Å². The summed E-state index contributed by atoms with van der Waals surface area (Å²) in [6.07, 6.45) is 0. The summed E-state index contributed by atoms with van der Waals surface area (Å²) in [5.41, 5.74) is 1.30. The maximum absolute atomic E-state index is 12.6. The van der Waals surface area contributed by atoms with Gasteiger partial charge in [-0.1, -0.05) is 29.3 Å². The average Bonchev–Trinajstić information content (AvgIpc) is 2.68. The minimum atomic E-state index is -0.471. The van der Waals surface area contributed by atoms with E-state index in [1.165, 1.54) is 6.07 Å². The van der Waals surface area contributed by atoms with Gasteiger partial charge < -0.3 is 15.0 Å². The number of carbonyl (C=O) groups excluding carboxylic acids is 1. The van der Waals surface area contributed by atoms with Crippen LogP contribution in [0.25, 0.3) is 0 Å². The maximum atomic E-state index is 12.6. The molecule has 1 amide bonds. The SMILES string of the molecule is CC(NC(=O)c1ccc(N2CCOCC2)c([N+](=O)[O-])c1)c1ccc(Cl)cc1Cl. The lowest BCUT2D eigenvalue weighted by molar-refractivity contribution is -0.384. The number of ether oxygens (including phenoxy) is 1. The number of halogens is 2. The Labute approximate surface area is 172 Å². The molecular weight excluding hydrogens is 405 g/mol. The van der Waals surface area contributed by atoms with E-state index in [2.05, 4.69) is 5.32 Å². The zero-order chi connectivity index (χ0) is 20.3. The Kier molecular flexibility index (Phi) is 6.39. The first kappa shape index (κ1) is 20.4. The smallest absolute Gasteiger partial charge is 0.293 e. The van der Waals surface area contributed by atoms with E-state index in [-0.39, 0.29) is 11.3 Å². The molecule has 1 unspecified atom stereocenters. The molecule has 0 aromatic heterocycles. The molecule has 1 atom stereocenters. The van der Waals surface area contributed by atoms with Crippen molar-refractivity contribution >= 4 is 40.5 Å². The van der Waals surface area contributed by atoms with Gasteiger partial charge in [-0.2, -0.15) is 0 Å². The van der Waals surface area contributed by atoms with Crippen LogP contribution in [0.15, 0.2) is 36.4 Å². The van der Waals surface area contributed by atoms with Gasteiger partial charge in [-0.25, -0.2) is 0 Å². The van der Waals surface area contributed by atoms with Crippen molar-refractivity contribution in [2.45, 2.75) is 13.0 Å². The van der Waals surface area contributed by atoms with E-state index in [0.29, 0.717) is 47.6 Å². The lowest BCUT2D eigenvalue weighted by Gasteiger charge is -2.28. The van der Waals surface area contributed by atoms with Gasteiger partial charge in [0.15, 0.2) is 0 Å². The van der Waals surface area contributed by atoms with E-state index in [9.17, 15) is 14.9 Å². The molecule has 1 heterocycles. The molecule has 1 aliphatic rings. The quantitative estimate of drug-likeness (QED) is 0.574. The minimum Gasteiger partial charge on any atom is -0.378 e. The van der Waals surface area contributed by atoms with Crippen molar-refractivity contribution in [1.82, 2.24) is 5.32 Å².